The van der Waals surface area contributed by atoms with Gasteiger partial charge in [0.2, 0.25) is 0 Å². The number of para-hydroxylation sites is 4. The molecule has 0 unspecified atom stereocenters. The number of fused-ring (bicyclic) bond motifs is 5. The summed E-state index contributed by atoms with van der Waals surface area (Å²) in [6.07, 6.45) is 0. The van der Waals surface area contributed by atoms with Crippen molar-refractivity contribution in [2.45, 2.75) is 0 Å². The average Bonchev–Trinajstić information content (AvgIpc) is 3.74. The first kappa shape index (κ1) is 29.8. The number of imidazole rings is 1. The molecule has 0 aliphatic rings. The fourth-order valence-corrected chi connectivity index (χ4v) is 7.39. The summed E-state index contributed by atoms with van der Waals surface area (Å²) in [5.74, 6) is 1.89. The zero-order chi connectivity index (χ0) is 34.4. The van der Waals surface area contributed by atoms with E-state index in [4.69, 9.17) is 15.0 Å². The molecule has 0 aliphatic heterocycles. The molecule has 0 spiro atoms. The molecule has 244 valence electrons. The second kappa shape index (κ2) is 12.3. The van der Waals surface area contributed by atoms with E-state index in [-0.39, 0.29) is 0 Å². The van der Waals surface area contributed by atoms with Crippen LogP contribution in [0.1, 0.15) is 0 Å². The van der Waals surface area contributed by atoms with Crippen molar-refractivity contribution < 1.29 is 0 Å². The highest BCUT2D eigenvalue weighted by molar-refractivity contribution is 6.09. The molecule has 10 rings (SSSR count). The zero-order valence-corrected chi connectivity index (χ0v) is 28.1. The first-order chi connectivity index (χ1) is 25.8. The summed E-state index contributed by atoms with van der Waals surface area (Å²) in [5.41, 5.74) is 13.0. The van der Waals surface area contributed by atoms with Crippen LogP contribution in [0.25, 0.3) is 89.7 Å². The van der Waals surface area contributed by atoms with Crippen LogP contribution >= 0.6 is 0 Å². The standard InChI is InChI=1S/C47H31N5/c1-4-16-32(17-5-1)34-20-14-22-36(30-34)45-48-44(33-18-6-2-7-19-33)49-46(50-45)37-23-15-21-35(31-37)43-39-26-10-11-27-40(39)52-42-29-13-12-28-41(42)51(47(43)52)38-24-8-3-9-25-38/h1-31H. The highest BCUT2D eigenvalue weighted by Gasteiger charge is 2.23. The molecule has 0 radical (unpaired) electrons. The van der Waals surface area contributed by atoms with Gasteiger partial charge in [-0.05, 0) is 59.2 Å². The van der Waals surface area contributed by atoms with Gasteiger partial charge in [-0.3, -0.25) is 8.97 Å². The monoisotopic (exact) mass is 665 g/mol. The molecule has 5 nitrogen and oxygen atoms in total. The third-order valence-corrected chi connectivity index (χ3v) is 9.74. The Balaban J connectivity index is 1.20. The van der Waals surface area contributed by atoms with Crippen molar-refractivity contribution in [3.05, 3.63) is 188 Å². The maximum Gasteiger partial charge on any atom is 0.164 e. The molecule has 0 saturated carbocycles. The molecule has 0 amide bonds. The van der Waals surface area contributed by atoms with Gasteiger partial charge in [0.25, 0.3) is 0 Å². The van der Waals surface area contributed by atoms with Crippen molar-refractivity contribution in [2.75, 3.05) is 0 Å². The Morgan fingerprint density at radius 1 is 0.327 bits per heavy atom. The minimum atomic E-state index is 0.624. The van der Waals surface area contributed by atoms with Crippen molar-refractivity contribution in [1.82, 2.24) is 23.9 Å². The van der Waals surface area contributed by atoms with Gasteiger partial charge >= 0.3 is 0 Å². The normalized spacial score (nSPS) is 11.5. The highest BCUT2D eigenvalue weighted by Crippen LogP contribution is 2.41. The third kappa shape index (κ3) is 4.98. The Labute approximate surface area is 300 Å². The molecular formula is C47H31N5. The molecule has 0 saturated heterocycles. The lowest BCUT2D eigenvalue weighted by molar-refractivity contribution is 1.07. The first-order valence-electron chi connectivity index (χ1n) is 17.5. The van der Waals surface area contributed by atoms with Crippen LogP contribution in [0.4, 0.5) is 0 Å². The van der Waals surface area contributed by atoms with Gasteiger partial charge < -0.3 is 0 Å². The van der Waals surface area contributed by atoms with Gasteiger partial charge in [0.05, 0.1) is 16.6 Å². The molecule has 7 aromatic carbocycles. The summed E-state index contributed by atoms with van der Waals surface area (Å²) in [4.78, 5) is 15.3. The number of rotatable bonds is 6. The van der Waals surface area contributed by atoms with Crippen LogP contribution < -0.4 is 0 Å². The molecule has 0 aliphatic carbocycles. The second-order valence-electron chi connectivity index (χ2n) is 12.9. The van der Waals surface area contributed by atoms with Crippen LogP contribution in [0.2, 0.25) is 0 Å². The van der Waals surface area contributed by atoms with Gasteiger partial charge in [0.1, 0.15) is 5.65 Å². The number of hydrogen-bond acceptors (Lipinski definition) is 3. The molecule has 3 heterocycles. The molecule has 5 heteroatoms. The summed E-state index contributed by atoms with van der Waals surface area (Å²) in [5, 5.41) is 1.18. The summed E-state index contributed by atoms with van der Waals surface area (Å²) in [6.45, 7) is 0. The van der Waals surface area contributed by atoms with Crippen LogP contribution in [-0.4, -0.2) is 23.9 Å². The Bertz CT molecular complexity index is 2890. The van der Waals surface area contributed by atoms with Crippen molar-refractivity contribution in [3.63, 3.8) is 0 Å². The SMILES string of the molecule is c1ccc(-c2cccc(-c3nc(-c4ccccc4)nc(-c4cccc(-c5c6ccccc6n6c7ccccc7n(-c7ccccc7)c56)c4)n3)c2)cc1. The Morgan fingerprint density at radius 3 is 1.46 bits per heavy atom. The number of hydrogen-bond donors (Lipinski definition) is 0. The molecule has 0 bridgehead atoms. The fraction of sp³-hybridized carbons (Fsp3) is 0. The molecule has 0 fully saturated rings. The second-order valence-corrected chi connectivity index (χ2v) is 12.9. The van der Waals surface area contributed by atoms with Crippen LogP contribution in [0.15, 0.2) is 188 Å². The lowest BCUT2D eigenvalue weighted by Crippen LogP contribution is -2.00. The minimum absolute atomic E-state index is 0.624. The van der Waals surface area contributed by atoms with E-state index < -0.39 is 0 Å². The summed E-state index contributed by atoms with van der Waals surface area (Å²) >= 11 is 0. The molecule has 52 heavy (non-hydrogen) atoms. The van der Waals surface area contributed by atoms with Crippen LogP contribution in [-0.2, 0) is 0 Å². The number of aromatic nitrogens is 5. The van der Waals surface area contributed by atoms with Crippen molar-refractivity contribution >= 4 is 27.6 Å². The Hall–Kier alpha value is -7.11. The fourth-order valence-electron chi connectivity index (χ4n) is 7.39. The predicted octanol–water partition coefficient (Wildman–Crippen LogP) is 11.6. The third-order valence-electron chi connectivity index (χ3n) is 9.74. The maximum absolute atomic E-state index is 5.15. The minimum Gasteiger partial charge on any atom is -0.293 e. The number of benzene rings is 7. The van der Waals surface area contributed by atoms with Crippen molar-refractivity contribution in [3.8, 4) is 62.1 Å². The quantitative estimate of drug-likeness (QED) is 0.178. The molecule has 0 atom stereocenters. The van der Waals surface area contributed by atoms with Gasteiger partial charge in [-0.15, -0.1) is 0 Å². The van der Waals surface area contributed by atoms with E-state index in [1.54, 1.807) is 0 Å². The number of nitrogens with zero attached hydrogens (tertiary/aromatic N) is 5. The lowest BCUT2D eigenvalue weighted by atomic mass is 10.0. The van der Waals surface area contributed by atoms with Crippen LogP contribution in [0.3, 0.4) is 0 Å². The smallest absolute Gasteiger partial charge is 0.164 e. The summed E-state index contributed by atoms with van der Waals surface area (Å²) in [6, 6.07) is 65.5. The topological polar surface area (TPSA) is 48.0 Å². The average molecular weight is 666 g/mol. The maximum atomic E-state index is 5.15. The van der Waals surface area contributed by atoms with E-state index in [2.05, 4.69) is 161 Å². The van der Waals surface area contributed by atoms with Crippen LogP contribution in [0.5, 0.6) is 0 Å². The van der Waals surface area contributed by atoms with E-state index in [1.165, 1.54) is 5.39 Å². The van der Waals surface area contributed by atoms with E-state index in [1.807, 2.05) is 36.4 Å². The van der Waals surface area contributed by atoms with Gasteiger partial charge in [0.15, 0.2) is 17.5 Å². The van der Waals surface area contributed by atoms with E-state index in [9.17, 15) is 0 Å². The van der Waals surface area contributed by atoms with E-state index in [0.29, 0.717) is 17.5 Å². The molecular weight excluding hydrogens is 635 g/mol. The van der Waals surface area contributed by atoms with Crippen LogP contribution in [0, 0.1) is 0 Å². The van der Waals surface area contributed by atoms with Gasteiger partial charge in [-0.2, -0.15) is 0 Å². The van der Waals surface area contributed by atoms with Gasteiger partial charge in [-0.1, -0.05) is 146 Å². The van der Waals surface area contributed by atoms with E-state index >= 15 is 0 Å². The predicted molar refractivity (Wildman–Crippen MR) is 212 cm³/mol. The summed E-state index contributed by atoms with van der Waals surface area (Å²) in [7, 11) is 0. The summed E-state index contributed by atoms with van der Waals surface area (Å²) < 4.78 is 4.78. The lowest BCUT2D eigenvalue weighted by Gasteiger charge is -2.11. The largest absolute Gasteiger partial charge is 0.293 e. The van der Waals surface area contributed by atoms with E-state index in [0.717, 1.165) is 66.8 Å². The Kier molecular flexibility index (Phi) is 7.07. The van der Waals surface area contributed by atoms with Gasteiger partial charge in [0, 0.05) is 33.3 Å². The zero-order valence-electron chi connectivity index (χ0n) is 28.1. The molecule has 10 aromatic rings. The van der Waals surface area contributed by atoms with Crippen molar-refractivity contribution in [2.24, 2.45) is 0 Å². The highest BCUT2D eigenvalue weighted by atomic mass is 15.1. The van der Waals surface area contributed by atoms with Crippen molar-refractivity contribution in [1.29, 1.82) is 0 Å². The first-order valence-corrected chi connectivity index (χ1v) is 17.5. The Morgan fingerprint density at radius 2 is 0.788 bits per heavy atom. The molecule has 0 N–H and O–H groups in total. The molecule has 3 aromatic heterocycles. The van der Waals surface area contributed by atoms with Gasteiger partial charge in [-0.25, -0.2) is 15.0 Å².